The Morgan fingerprint density at radius 2 is 1.22 bits per heavy atom. The average Bonchev–Trinajstić information content (AvgIpc) is 1.72. The van der Waals surface area contributed by atoms with Gasteiger partial charge in [0.1, 0.15) is 0 Å². The minimum Gasteiger partial charge on any atom is -0.358 e. The first-order chi connectivity index (χ1) is 3.00. The van der Waals surface area contributed by atoms with Crippen LogP contribution in [0.4, 0.5) is 0 Å². The van der Waals surface area contributed by atoms with Crippen LogP contribution in [-0.4, -0.2) is 0 Å². The van der Waals surface area contributed by atoms with E-state index in [9.17, 15) is 0 Å². The molecular formula is C8H17Ti. The van der Waals surface area contributed by atoms with Gasteiger partial charge in [-0.05, 0) is 0 Å². The van der Waals surface area contributed by atoms with Gasteiger partial charge in [-0.25, -0.2) is 0 Å². The second-order valence-electron chi connectivity index (χ2n) is 1.93. The van der Waals surface area contributed by atoms with E-state index >= 15 is 0 Å². The summed E-state index contributed by atoms with van der Waals surface area (Å²) in [5, 5.41) is 0. The van der Waals surface area contributed by atoms with Gasteiger partial charge in [-0.3, -0.25) is 0 Å². The van der Waals surface area contributed by atoms with E-state index in [4.69, 9.17) is 0 Å². The molecule has 0 spiro atoms. The predicted octanol–water partition coefficient (Wildman–Crippen LogP) is 3.05. The number of rotatable bonds is 0. The fraction of sp³-hybridized carbons (Fsp3) is 0.625. The van der Waals surface area contributed by atoms with E-state index in [0.29, 0.717) is 0 Å². The van der Waals surface area contributed by atoms with Crippen molar-refractivity contribution in [2.75, 3.05) is 0 Å². The zero-order valence-electron chi connectivity index (χ0n) is 6.61. The van der Waals surface area contributed by atoms with Crippen LogP contribution in [0.5, 0.6) is 0 Å². The Hall–Kier alpha value is 0.714. The first-order valence-electron chi connectivity index (χ1n) is 2.82. The molecule has 1 aliphatic rings. The molecule has 1 radical (unpaired) electrons. The van der Waals surface area contributed by atoms with Crippen LogP contribution < -0.4 is 0 Å². The maximum atomic E-state index is 2.39. The molecule has 1 fully saturated rings. The van der Waals surface area contributed by atoms with E-state index in [1.54, 1.807) is 0 Å². The number of hydrogen-bond acceptors (Lipinski definition) is 0. The maximum absolute atomic E-state index is 2.39. The molecule has 0 amide bonds. The first-order valence-corrected chi connectivity index (χ1v) is 2.82. The van der Waals surface area contributed by atoms with Gasteiger partial charge in [0, 0.05) is 0 Å². The Kier molecular flexibility index (Phi) is 20.9. The van der Waals surface area contributed by atoms with Gasteiger partial charge in [0.15, 0.2) is 0 Å². The van der Waals surface area contributed by atoms with Gasteiger partial charge >= 0.3 is 21.7 Å². The van der Waals surface area contributed by atoms with Crippen LogP contribution in [0.1, 0.15) is 32.1 Å². The van der Waals surface area contributed by atoms with Crippen molar-refractivity contribution in [2.24, 2.45) is 0 Å². The van der Waals surface area contributed by atoms with Gasteiger partial charge < -0.3 is 21.3 Å². The molecule has 0 bridgehead atoms. The molecule has 9 heavy (non-hydrogen) atoms. The van der Waals surface area contributed by atoms with Crippen molar-refractivity contribution in [3.63, 3.8) is 0 Å². The average molecular weight is 161 g/mol. The molecule has 1 rings (SSSR count). The molecule has 1 heteroatoms. The fourth-order valence-electron chi connectivity index (χ4n) is 0.898. The molecule has 0 aromatic carbocycles. The number of hydrogen-bond donors (Lipinski definition) is 0. The summed E-state index contributed by atoms with van der Waals surface area (Å²) in [5.74, 6) is 0. The van der Waals surface area contributed by atoms with E-state index in [0.717, 1.165) is 0 Å². The summed E-state index contributed by atoms with van der Waals surface area (Å²) in [6.45, 7) is 0. The molecule has 0 heterocycles. The minimum atomic E-state index is 0. The molecule has 0 aromatic rings. The summed E-state index contributed by atoms with van der Waals surface area (Å²) in [7, 11) is 0. The quantitative estimate of drug-likeness (QED) is 0.378. The zero-order chi connectivity index (χ0) is 4.24. The standard InChI is InChI=1S/C6H11.2CH3.Ti/c1-2-4-6-5-3-1;;;/h1H,2-6H2;2*1H3;/q3*-1;+3. The first kappa shape index (κ1) is 16.4. The zero-order valence-corrected chi connectivity index (χ0v) is 8.17. The summed E-state index contributed by atoms with van der Waals surface area (Å²) in [4.78, 5) is 0. The summed E-state index contributed by atoms with van der Waals surface area (Å²) in [6.07, 6.45) is 9.50. The smallest absolute Gasteiger partial charge is 0.358 e. The van der Waals surface area contributed by atoms with Gasteiger partial charge in [0.2, 0.25) is 0 Å². The third-order valence-corrected chi connectivity index (χ3v) is 1.32. The Labute approximate surface area is 75.3 Å². The third-order valence-electron chi connectivity index (χ3n) is 1.32. The summed E-state index contributed by atoms with van der Waals surface area (Å²) in [6, 6.07) is 0. The molecular weight excluding hydrogens is 144 g/mol. The van der Waals surface area contributed by atoms with E-state index in [1.165, 1.54) is 32.1 Å². The van der Waals surface area contributed by atoms with Crippen molar-refractivity contribution >= 4 is 0 Å². The van der Waals surface area contributed by atoms with Gasteiger partial charge in [-0.2, -0.15) is 12.8 Å². The van der Waals surface area contributed by atoms with Gasteiger partial charge in [-0.15, -0.1) is 0 Å². The van der Waals surface area contributed by atoms with Crippen molar-refractivity contribution in [1.29, 1.82) is 0 Å². The summed E-state index contributed by atoms with van der Waals surface area (Å²) >= 11 is 0. The van der Waals surface area contributed by atoms with Crippen molar-refractivity contribution in [3.8, 4) is 0 Å². The van der Waals surface area contributed by atoms with Crippen LogP contribution in [0, 0.1) is 21.3 Å². The van der Waals surface area contributed by atoms with Gasteiger partial charge in [0.05, 0.1) is 0 Å². The molecule has 0 aliphatic heterocycles. The van der Waals surface area contributed by atoms with Crippen LogP contribution in [0.25, 0.3) is 0 Å². The van der Waals surface area contributed by atoms with Gasteiger partial charge in [-0.1, -0.05) is 19.3 Å². The normalized spacial score (nSPS) is 16.0. The Morgan fingerprint density at radius 3 is 1.33 bits per heavy atom. The molecule has 0 unspecified atom stereocenters. The van der Waals surface area contributed by atoms with Crippen molar-refractivity contribution < 1.29 is 21.7 Å². The summed E-state index contributed by atoms with van der Waals surface area (Å²) < 4.78 is 0. The van der Waals surface area contributed by atoms with Crippen LogP contribution in [0.2, 0.25) is 0 Å². The minimum absolute atomic E-state index is 0. The predicted molar refractivity (Wildman–Crippen MR) is 40.2 cm³/mol. The van der Waals surface area contributed by atoms with Crippen LogP contribution >= 0.6 is 0 Å². The second kappa shape index (κ2) is 11.5. The van der Waals surface area contributed by atoms with Crippen molar-refractivity contribution in [1.82, 2.24) is 0 Å². The van der Waals surface area contributed by atoms with Crippen LogP contribution in [0.3, 0.4) is 0 Å². The molecule has 0 N–H and O–H groups in total. The topological polar surface area (TPSA) is 0 Å². The third kappa shape index (κ3) is 8.71. The van der Waals surface area contributed by atoms with E-state index < -0.39 is 0 Å². The second-order valence-corrected chi connectivity index (χ2v) is 1.93. The van der Waals surface area contributed by atoms with Crippen LogP contribution in [0.15, 0.2) is 0 Å². The Balaban J connectivity index is -0.000000120. The van der Waals surface area contributed by atoms with Crippen LogP contribution in [-0.2, 0) is 21.7 Å². The molecule has 1 saturated carbocycles. The van der Waals surface area contributed by atoms with E-state index in [1.807, 2.05) is 0 Å². The monoisotopic (exact) mass is 161 g/mol. The van der Waals surface area contributed by atoms with Gasteiger partial charge in [0.25, 0.3) is 0 Å². The SMILES string of the molecule is [CH-]1CCCCC1.[CH3-].[CH3-].[Ti+3]. The Morgan fingerprint density at radius 1 is 0.778 bits per heavy atom. The van der Waals surface area contributed by atoms with Crippen molar-refractivity contribution in [3.05, 3.63) is 21.3 Å². The molecule has 1 aliphatic carbocycles. The fourth-order valence-corrected chi connectivity index (χ4v) is 0.898. The summed E-state index contributed by atoms with van der Waals surface area (Å²) in [5.41, 5.74) is 0. The molecule has 0 nitrogen and oxygen atoms in total. The molecule has 0 saturated heterocycles. The van der Waals surface area contributed by atoms with E-state index in [-0.39, 0.29) is 36.6 Å². The van der Waals surface area contributed by atoms with E-state index in [2.05, 4.69) is 6.42 Å². The molecule has 53 valence electrons. The molecule has 0 atom stereocenters. The Bertz CT molecular complexity index is 20.0. The largest absolute Gasteiger partial charge is 3.00 e. The van der Waals surface area contributed by atoms with Crippen molar-refractivity contribution in [2.45, 2.75) is 32.1 Å². The molecule has 0 aromatic heterocycles. The maximum Gasteiger partial charge on any atom is 3.00 e.